The quantitative estimate of drug-likeness (QED) is 0.130. The number of hydrogen-bond acceptors (Lipinski definition) is 7. The maximum atomic E-state index is 15.6. The van der Waals surface area contributed by atoms with Gasteiger partial charge in [0, 0.05) is 21.0 Å². The van der Waals surface area contributed by atoms with Crippen LogP contribution in [0.15, 0.2) is 119 Å². The van der Waals surface area contributed by atoms with E-state index in [1.165, 1.54) is 11.0 Å². The zero-order chi connectivity index (χ0) is 38.3. The van der Waals surface area contributed by atoms with E-state index >= 15 is 9.59 Å². The Morgan fingerprint density at radius 2 is 1.60 bits per heavy atom. The molecule has 12 heteroatoms. The number of allylic oxidation sites excluding steroid dienone is 2. The van der Waals surface area contributed by atoms with Gasteiger partial charge < -0.3 is 9.84 Å². The lowest BCUT2D eigenvalue weighted by Crippen LogP contribution is -2.53. The molecule has 4 aliphatic rings. The normalized spacial score (nSPS) is 25.8. The summed E-state index contributed by atoms with van der Waals surface area (Å²) < 4.78 is 6.31. The summed E-state index contributed by atoms with van der Waals surface area (Å²) in [4.78, 5) is 60.8. The molecule has 55 heavy (non-hydrogen) atoms. The van der Waals surface area contributed by atoms with Crippen LogP contribution in [0, 0.1) is 23.7 Å². The van der Waals surface area contributed by atoms with Crippen molar-refractivity contribution >= 4 is 84.9 Å². The minimum atomic E-state index is -1.62. The Balaban J connectivity index is 1.29. The van der Waals surface area contributed by atoms with E-state index in [9.17, 15) is 14.7 Å². The van der Waals surface area contributed by atoms with Crippen LogP contribution in [0.3, 0.4) is 0 Å². The van der Waals surface area contributed by atoms with E-state index in [1.54, 1.807) is 73.8 Å². The molecule has 5 aromatic rings. The van der Waals surface area contributed by atoms with Crippen molar-refractivity contribution in [2.75, 3.05) is 17.4 Å². The molecule has 0 radical (unpaired) electrons. The first-order valence-electron chi connectivity index (χ1n) is 17.8. The third-order valence-electron chi connectivity index (χ3n) is 11.9. The van der Waals surface area contributed by atoms with Crippen molar-refractivity contribution in [3.63, 3.8) is 0 Å². The monoisotopic (exact) mass is 835 g/mol. The van der Waals surface area contributed by atoms with E-state index in [2.05, 4.69) is 21.4 Å². The number of fused-ring (bicyclic) bond motifs is 5. The number of aromatic hydroxyl groups is 1. The summed E-state index contributed by atoms with van der Waals surface area (Å²) in [5.41, 5.74) is 3.87. The van der Waals surface area contributed by atoms with Crippen molar-refractivity contribution in [3.8, 4) is 11.5 Å². The summed E-state index contributed by atoms with van der Waals surface area (Å²) in [5, 5.41) is 15.1. The minimum absolute atomic E-state index is 0.0586. The number of carbonyl (C=O) groups excluding carboxylic acids is 4. The van der Waals surface area contributed by atoms with Crippen LogP contribution in [-0.4, -0.2) is 40.9 Å². The highest BCUT2D eigenvalue weighted by Crippen LogP contribution is 2.65. The highest BCUT2D eigenvalue weighted by molar-refractivity contribution is 9.10. The molecule has 2 saturated heterocycles. The first kappa shape index (κ1) is 35.5. The summed E-state index contributed by atoms with van der Waals surface area (Å²) in [6, 6.07) is 29.8. The number of hydrogen-bond donors (Lipinski definition) is 2. The highest BCUT2D eigenvalue weighted by Gasteiger charge is 2.71. The Hall–Kier alpha value is -5.16. The molecule has 3 fully saturated rings. The van der Waals surface area contributed by atoms with Crippen molar-refractivity contribution in [2.45, 2.75) is 24.2 Å². The lowest BCUT2D eigenvalue weighted by molar-refractivity contribution is -0.138. The molecule has 9 rings (SSSR count). The summed E-state index contributed by atoms with van der Waals surface area (Å²) in [5.74, 6) is -5.33. The van der Waals surface area contributed by atoms with E-state index in [-0.39, 0.29) is 35.4 Å². The topological polar surface area (TPSA) is 116 Å². The van der Waals surface area contributed by atoms with Crippen molar-refractivity contribution < 1.29 is 29.0 Å². The largest absolute Gasteiger partial charge is 0.508 e. The summed E-state index contributed by atoms with van der Waals surface area (Å²) >= 11 is 16.2. The lowest BCUT2D eigenvalue weighted by atomic mass is 9.48. The number of phenols is 1. The molecule has 0 spiro atoms. The van der Waals surface area contributed by atoms with Gasteiger partial charge in [-0.3, -0.25) is 29.5 Å². The van der Waals surface area contributed by atoms with Crippen LogP contribution in [-0.2, 0) is 24.6 Å². The second kappa shape index (κ2) is 13.3. The summed E-state index contributed by atoms with van der Waals surface area (Å²) in [6.07, 6.45) is 2.30. The van der Waals surface area contributed by atoms with E-state index < -0.39 is 46.8 Å². The van der Waals surface area contributed by atoms with Gasteiger partial charge in [0.15, 0.2) is 0 Å². The molecule has 2 heterocycles. The van der Waals surface area contributed by atoms with E-state index in [4.69, 9.17) is 27.9 Å². The zero-order valence-electron chi connectivity index (χ0n) is 29.2. The number of carbonyl (C=O) groups is 4. The zero-order valence-corrected chi connectivity index (χ0v) is 32.3. The molecule has 1 saturated carbocycles. The Kier molecular flexibility index (Phi) is 8.56. The first-order valence-corrected chi connectivity index (χ1v) is 19.4. The molecule has 276 valence electrons. The van der Waals surface area contributed by atoms with Gasteiger partial charge in [-0.1, -0.05) is 93.2 Å². The first-order chi connectivity index (χ1) is 26.5. The molecule has 0 unspecified atom stereocenters. The molecule has 6 atom stereocenters. The van der Waals surface area contributed by atoms with E-state index in [1.807, 2.05) is 36.4 Å². The smallest absolute Gasteiger partial charge is 0.260 e. The third kappa shape index (κ3) is 5.25. The molecule has 9 nitrogen and oxygen atoms in total. The molecule has 5 aromatic carbocycles. The van der Waals surface area contributed by atoms with Crippen molar-refractivity contribution in [3.05, 3.63) is 140 Å². The average Bonchev–Trinajstić information content (AvgIpc) is 3.57. The van der Waals surface area contributed by atoms with Gasteiger partial charge in [0.05, 0.1) is 46.7 Å². The predicted octanol–water partition coefficient (Wildman–Crippen LogP) is 8.81. The number of hydrazine groups is 1. The summed E-state index contributed by atoms with van der Waals surface area (Å²) in [7, 11) is 1.55. The number of phenolic OH excluding ortho intramolecular Hbond substituents is 1. The number of benzene rings is 5. The van der Waals surface area contributed by atoms with Crippen LogP contribution in [0.4, 0.5) is 11.4 Å². The van der Waals surface area contributed by atoms with Gasteiger partial charge >= 0.3 is 0 Å². The third-order valence-corrected chi connectivity index (χ3v) is 13.0. The van der Waals surface area contributed by atoms with Crippen molar-refractivity contribution in [1.29, 1.82) is 0 Å². The van der Waals surface area contributed by atoms with Gasteiger partial charge in [0.1, 0.15) is 11.5 Å². The van der Waals surface area contributed by atoms with E-state index in [0.29, 0.717) is 38.7 Å². The predicted molar refractivity (Wildman–Crippen MR) is 213 cm³/mol. The maximum Gasteiger partial charge on any atom is 0.260 e. The molecule has 2 aliphatic carbocycles. The number of imide groups is 2. The Morgan fingerprint density at radius 1 is 0.855 bits per heavy atom. The SMILES string of the molecule is COc1ccc([C@@]23C(=O)N(Nc4ccc(Cl)cc4Cl)C(=O)[C@@H]2C[C@@H]2C(=CC[C@@H]4C(=O)N(c5ccc(Br)cc5)C(=O)[C@@H]42)[C@@H]3c2c(O)ccc3ccccc23)cc1. The fourth-order valence-electron chi connectivity index (χ4n) is 9.59. The fraction of sp³-hybridized carbons (Fsp3) is 0.209. The molecule has 2 N–H and O–H groups in total. The van der Waals surface area contributed by atoms with Gasteiger partial charge in [-0.05, 0) is 95.8 Å². The van der Waals surface area contributed by atoms with Gasteiger partial charge in [-0.25, -0.2) is 0 Å². The lowest BCUT2D eigenvalue weighted by Gasteiger charge is -2.51. The fourth-order valence-corrected chi connectivity index (χ4v) is 10.3. The minimum Gasteiger partial charge on any atom is -0.508 e. The van der Waals surface area contributed by atoms with Crippen LogP contribution < -0.4 is 15.1 Å². The summed E-state index contributed by atoms with van der Waals surface area (Å²) in [6.45, 7) is 0. The number of nitrogens with one attached hydrogen (secondary N) is 1. The molecule has 2 aliphatic heterocycles. The van der Waals surface area contributed by atoms with Crippen molar-refractivity contribution in [2.24, 2.45) is 23.7 Å². The Bertz CT molecular complexity index is 2490. The second-order valence-electron chi connectivity index (χ2n) is 14.4. The number of halogens is 3. The number of methoxy groups -OCH3 is 1. The maximum absolute atomic E-state index is 15.6. The van der Waals surface area contributed by atoms with Gasteiger partial charge in [-0.15, -0.1) is 0 Å². The van der Waals surface area contributed by atoms with Crippen LogP contribution in [0.2, 0.25) is 10.0 Å². The number of anilines is 2. The van der Waals surface area contributed by atoms with Gasteiger partial charge in [-0.2, -0.15) is 5.01 Å². The molecular formula is C43H32BrCl2N3O6. The van der Waals surface area contributed by atoms with Crippen molar-refractivity contribution in [1.82, 2.24) is 5.01 Å². The van der Waals surface area contributed by atoms with Crippen LogP contribution in [0.25, 0.3) is 10.8 Å². The molecule has 4 amide bonds. The molecular weight excluding hydrogens is 805 g/mol. The average molecular weight is 838 g/mol. The van der Waals surface area contributed by atoms with Crippen LogP contribution in [0.1, 0.15) is 29.9 Å². The number of amides is 4. The Labute approximate surface area is 334 Å². The number of ether oxygens (including phenoxy) is 1. The Morgan fingerprint density at radius 3 is 2.33 bits per heavy atom. The van der Waals surface area contributed by atoms with Gasteiger partial charge in [0.25, 0.3) is 11.8 Å². The second-order valence-corrected chi connectivity index (χ2v) is 16.2. The number of nitrogens with zero attached hydrogens (tertiary/aromatic N) is 2. The molecule has 0 bridgehead atoms. The highest BCUT2D eigenvalue weighted by atomic mass is 79.9. The van der Waals surface area contributed by atoms with Crippen LogP contribution in [0.5, 0.6) is 11.5 Å². The number of rotatable bonds is 6. The molecule has 0 aromatic heterocycles. The van der Waals surface area contributed by atoms with E-state index in [0.717, 1.165) is 20.4 Å². The van der Waals surface area contributed by atoms with Crippen LogP contribution >= 0.6 is 39.1 Å². The standard InChI is InChI=1S/C43H32BrCl2N3O6/c1-55-27-14-7-23(8-15-27)43-32(40(52)49(42(43)54)47-34-18-11-25(45)20-33(34)46)21-31-29(38(43)37-28-5-3-2-4-22(28)6-19-35(37)50)16-17-30-36(31)41(53)48(39(30)51)26-12-9-24(44)10-13-26/h2-16,18-20,30-32,36,38,47,50H,17,21H2,1H3/t30-,31+,32-,36-,38+,43+/m0/s1. The van der Waals surface area contributed by atoms with Gasteiger partial charge in [0.2, 0.25) is 11.8 Å².